The zero-order chi connectivity index (χ0) is 17.6. The molecule has 2 aliphatic rings. The van der Waals surface area contributed by atoms with Gasteiger partial charge in [0.1, 0.15) is 6.04 Å². The van der Waals surface area contributed by atoms with Crippen LogP contribution in [0.25, 0.3) is 0 Å². The Morgan fingerprint density at radius 3 is 2.48 bits per heavy atom. The molecule has 2 fully saturated rings. The van der Waals surface area contributed by atoms with Crippen LogP contribution in [0.1, 0.15) is 24.3 Å². The largest absolute Gasteiger partial charge is 0.480 e. The SMILES string of the molecule is O=C(O)C(C(/C=C/N1CCCC1=O)c1ccccc1)N1CCOCC1. The van der Waals surface area contributed by atoms with E-state index in [1.807, 2.05) is 41.3 Å². The number of likely N-dealkylation sites (tertiary alicyclic amines) is 1. The first kappa shape index (κ1) is 17.6. The van der Waals surface area contributed by atoms with Gasteiger partial charge in [0.05, 0.1) is 13.2 Å². The predicted octanol–water partition coefficient (Wildman–Crippen LogP) is 1.69. The Balaban J connectivity index is 1.89. The van der Waals surface area contributed by atoms with Gasteiger partial charge in [-0.2, -0.15) is 0 Å². The smallest absolute Gasteiger partial charge is 0.321 e. The van der Waals surface area contributed by atoms with Crippen LogP contribution in [0.4, 0.5) is 0 Å². The zero-order valence-corrected chi connectivity index (χ0v) is 14.2. The maximum Gasteiger partial charge on any atom is 0.321 e. The van der Waals surface area contributed by atoms with Crippen molar-refractivity contribution in [3.63, 3.8) is 0 Å². The number of carboxylic acid groups (broad SMARTS) is 1. The molecule has 0 spiro atoms. The van der Waals surface area contributed by atoms with E-state index in [0.29, 0.717) is 39.3 Å². The Labute approximate surface area is 147 Å². The van der Waals surface area contributed by atoms with Crippen molar-refractivity contribution in [1.82, 2.24) is 9.80 Å². The third kappa shape index (κ3) is 4.27. The fraction of sp³-hybridized carbons (Fsp3) is 0.474. The number of aliphatic carboxylic acids is 1. The standard InChI is InChI=1S/C19H24N2O4/c22-17-7-4-9-20(17)10-8-16(15-5-2-1-3-6-15)18(19(23)24)21-11-13-25-14-12-21/h1-3,5-6,8,10,16,18H,4,7,9,11-14H2,(H,23,24)/b10-8+. The summed E-state index contributed by atoms with van der Waals surface area (Å²) in [4.78, 5) is 27.6. The van der Waals surface area contributed by atoms with Crippen molar-refractivity contribution in [3.05, 3.63) is 48.2 Å². The summed E-state index contributed by atoms with van der Waals surface area (Å²) in [5.74, 6) is -1.08. The van der Waals surface area contributed by atoms with E-state index in [1.165, 1.54) is 0 Å². The van der Waals surface area contributed by atoms with E-state index in [1.54, 1.807) is 11.1 Å². The summed E-state index contributed by atoms with van der Waals surface area (Å²) in [6.07, 6.45) is 5.05. The fourth-order valence-corrected chi connectivity index (χ4v) is 3.49. The van der Waals surface area contributed by atoms with Crippen LogP contribution in [0.3, 0.4) is 0 Å². The molecule has 1 aromatic carbocycles. The highest BCUT2D eigenvalue weighted by molar-refractivity contribution is 5.79. The molecule has 0 aliphatic carbocycles. The normalized spacial score (nSPS) is 21.6. The van der Waals surface area contributed by atoms with Crippen LogP contribution in [0.5, 0.6) is 0 Å². The number of benzene rings is 1. The van der Waals surface area contributed by atoms with Crippen LogP contribution in [-0.2, 0) is 14.3 Å². The molecule has 2 unspecified atom stereocenters. The molecule has 1 amide bonds. The summed E-state index contributed by atoms with van der Waals surface area (Å²) in [5.41, 5.74) is 0.935. The summed E-state index contributed by atoms with van der Waals surface area (Å²) < 4.78 is 5.36. The molecule has 2 atom stereocenters. The Hall–Kier alpha value is -2.18. The second kappa shape index (κ2) is 8.27. The van der Waals surface area contributed by atoms with Crippen molar-refractivity contribution in [2.75, 3.05) is 32.8 Å². The van der Waals surface area contributed by atoms with E-state index in [0.717, 1.165) is 12.0 Å². The minimum absolute atomic E-state index is 0.0984. The minimum atomic E-state index is -0.854. The first-order valence-corrected chi connectivity index (χ1v) is 8.74. The molecule has 2 heterocycles. The van der Waals surface area contributed by atoms with Crippen LogP contribution in [-0.4, -0.2) is 65.7 Å². The van der Waals surface area contributed by atoms with Crippen molar-refractivity contribution in [2.45, 2.75) is 24.8 Å². The summed E-state index contributed by atoms with van der Waals surface area (Å²) in [6, 6.07) is 8.94. The van der Waals surface area contributed by atoms with Gasteiger partial charge in [-0.1, -0.05) is 36.4 Å². The lowest BCUT2D eigenvalue weighted by molar-refractivity contribution is -0.145. The van der Waals surface area contributed by atoms with Gasteiger partial charge in [-0.05, 0) is 12.0 Å². The number of nitrogens with zero attached hydrogens (tertiary/aromatic N) is 2. The lowest BCUT2D eigenvalue weighted by atomic mass is 9.90. The second-order valence-electron chi connectivity index (χ2n) is 6.40. The van der Waals surface area contributed by atoms with Crippen LogP contribution in [0.2, 0.25) is 0 Å². The van der Waals surface area contributed by atoms with Crippen LogP contribution >= 0.6 is 0 Å². The number of morpholine rings is 1. The Kier molecular flexibility index (Phi) is 5.83. The van der Waals surface area contributed by atoms with Crippen molar-refractivity contribution in [1.29, 1.82) is 0 Å². The van der Waals surface area contributed by atoms with Gasteiger partial charge in [0.15, 0.2) is 0 Å². The van der Waals surface area contributed by atoms with Gasteiger partial charge in [0, 0.05) is 38.2 Å². The molecule has 0 saturated carbocycles. The van der Waals surface area contributed by atoms with E-state index in [9.17, 15) is 14.7 Å². The summed E-state index contributed by atoms with van der Waals surface area (Å²) in [5, 5.41) is 9.90. The molecule has 3 rings (SSSR count). The highest BCUT2D eigenvalue weighted by Gasteiger charge is 2.34. The molecule has 6 nitrogen and oxygen atoms in total. The van der Waals surface area contributed by atoms with E-state index in [2.05, 4.69) is 0 Å². The fourth-order valence-electron chi connectivity index (χ4n) is 3.49. The number of ether oxygens (including phenoxy) is 1. The molecule has 2 saturated heterocycles. The third-order valence-corrected chi connectivity index (χ3v) is 4.80. The van der Waals surface area contributed by atoms with E-state index < -0.39 is 12.0 Å². The number of hydrogen-bond donors (Lipinski definition) is 1. The topological polar surface area (TPSA) is 70.1 Å². The van der Waals surface area contributed by atoms with Gasteiger partial charge >= 0.3 is 5.97 Å². The van der Waals surface area contributed by atoms with Gasteiger partial charge in [-0.15, -0.1) is 0 Å². The zero-order valence-electron chi connectivity index (χ0n) is 14.2. The van der Waals surface area contributed by atoms with Crippen molar-refractivity contribution in [3.8, 4) is 0 Å². The molecule has 1 aromatic rings. The molecule has 25 heavy (non-hydrogen) atoms. The first-order chi connectivity index (χ1) is 12.2. The molecular weight excluding hydrogens is 320 g/mol. The van der Waals surface area contributed by atoms with Gasteiger partial charge in [-0.25, -0.2) is 0 Å². The number of hydrogen-bond acceptors (Lipinski definition) is 4. The Bertz CT molecular complexity index is 626. The molecule has 0 aromatic heterocycles. The maximum atomic E-state index is 12.1. The van der Waals surface area contributed by atoms with Gasteiger partial charge in [0.2, 0.25) is 5.91 Å². The van der Waals surface area contributed by atoms with Crippen LogP contribution in [0.15, 0.2) is 42.6 Å². The number of carboxylic acids is 1. The lowest BCUT2D eigenvalue weighted by Gasteiger charge is -2.35. The first-order valence-electron chi connectivity index (χ1n) is 8.74. The van der Waals surface area contributed by atoms with Crippen molar-refractivity contribution in [2.24, 2.45) is 0 Å². The summed E-state index contributed by atoms with van der Waals surface area (Å²) in [7, 11) is 0. The summed E-state index contributed by atoms with van der Waals surface area (Å²) >= 11 is 0. The molecular formula is C19H24N2O4. The Morgan fingerprint density at radius 1 is 1.16 bits per heavy atom. The molecule has 134 valence electrons. The highest BCUT2D eigenvalue weighted by atomic mass is 16.5. The van der Waals surface area contributed by atoms with E-state index in [4.69, 9.17) is 4.74 Å². The predicted molar refractivity (Wildman–Crippen MR) is 93.1 cm³/mol. The molecule has 0 radical (unpaired) electrons. The summed E-state index contributed by atoms with van der Waals surface area (Å²) in [6.45, 7) is 2.97. The van der Waals surface area contributed by atoms with Crippen LogP contribution in [0, 0.1) is 0 Å². The number of carbonyl (C=O) groups is 2. The van der Waals surface area contributed by atoms with Crippen molar-refractivity contribution >= 4 is 11.9 Å². The van der Waals surface area contributed by atoms with Gasteiger partial charge < -0.3 is 14.7 Å². The quantitative estimate of drug-likeness (QED) is 0.850. The molecule has 6 heteroatoms. The molecule has 0 bridgehead atoms. The average Bonchev–Trinajstić information content (AvgIpc) is 3.04. The second-order valence-corrected chi connectivity index (χ2v) is 6.40. The average molecular weight is 344 g/mol. The van der Waals surface area contributed by atoms with E-state index in [-0.39, 0.29) is 11.8 Å². The van der Waals surface area contributed by atoms with E-state index >= 15 is 0 Å². The molecule has 1 N–H and O–H groups in total. The number of amides is 1. The van der Waals surface area contributed by atoms with Crippen LogP contribution < -0.4 is 0 Å². The Morgan fingerprint density at radius 2 is 1.88 bits per heavy atom. The maximum absolute atomic E-state index is 12.1. The van der Waals surface area contributed by atoms with Gasteiger partial charge in [0.25, 0.3) is 0 Å². The van der Waals surface area contributed by atoms with Gasteiger partial charge in [-0.3, -0.25) is 14.5 Å². The lowest BCUT2D eigenvalue weighted by Crippen LogP contribution is -2.50. The third-order valence-electron chi connectivity index (χ3n) is 4.80. The minimum Gasteiger partial charge on any atom is -0.480 e. The number of rotatable bonds is 6. The highest BCUT2D eigenvalue weighted by Crippen LogP contribution is 2.27. The van der Waals surface area contributed by atoms with Crippen molar-refractivity contribution < 1.29 is 19.4 Å². The number of carbonyl (C=O) groups excluding carboxylic acids is 1. The molecule has 2 aliphatic heterocycles. The monoisotopic (exact) mass is 344 g/mol.